The van der Waals surface area contributed by atoms with E-state index >= 15 is 0 Å². The molecule has 1 saturated heterocycles. The number of carbonyl (C=O) groups is 1. The molecule has 0 spiro atoms. The fourth-order valence-corrected chi connectivity index (χ4v) is 3.44. The maximum atomic E-state index is 11.9. The van der Waals surface area contributed by atoms with Crippen LogP contribution in [0.15, 0.2) is 29.2 Å². The van der Waals surface area contributed by atoms with E-state index in [2.05, 4.69) is 17.0 Å². The number of benzene rings is 1. The van der Waals surface area contributed by atoms with Crippen LogP contribution < -0.4 is 0 Å². The van der Waals surface area contributed by atoms with E-state index in [1.165, 1.54) is 43.8 Å². The quantitative estimate of drug-likeness (QED) is 0.581. The monoisotopic (exact) mass is 291 g/mol. The molecule has 0 aromatic heterocycles. The van der Waals surface area contributed by atoms with E-state index in [0.29, 0.717) is 0 Å². The Morgan fingerprint density at radius 1 is 1.15 bits per heavy atom. The number of nitrogens with zero attached hydrogens (tertiary/aromatic N) is 1. The van der Waals surface area contributed by atoms with E-state index in [1.54, 1.807) is 0 Å². The zero-order chi connectivity index (χ0) is 14.4. The Kier molecular flexibility index (Phi) is 6.11. The molecule has 0 N–H and O–H groups in total. The minimum atomic E-state index is 0.0765. The van der Waals surface area contributed by atoms with E-state index in [-0.39, 0.29) is 11.7 Å². The number of ketones is 1. The Hall–Kier alpha value is -0.800. The van der Waals surface area contributed by atoms with Crippen molar-refractivity contribution in [3.63, 3.8) is 0 Å². The predicted octanol–water partition coefficient (Wildman–Crippen LogP) is 4.10. The average Bonchev–Trinajstić information content (AvgIpc) is 2.48. The highest BCUT2D eigenvalue weighted by molar-refractivity contribution is 7.99. The SMILES string of the molecule is CC(C)C(=O)c1ccc(SCCN2CCCCC2)cc1. The zero-order valence-electron chi connectivity index (χ0n) is 12.6. The van der Waals surface area contributed by atoms with Crippen LogP contribution in [-0.2, 0) is 0 Å². The summed E-state index contributed by atoms with van der Waals surface area (Å²) in [5.74, 6) is 1.44. The van der Waals surface area contributed by atoms with Crippen LogP contribution in [0.25, 0.3) is 0 Å². The minimum absolute atomic E-state index is 0.0765. The minimum Gasteiger partial charge on any atom is -0.303 e. The number of hydrogen-bond donors (Lipinski definition) is 0. The Balaban J connectivity index is 1.77. The first-order valence-corrected chi connectivity index (χ1v) is 8.65. The van der Waals surface area contributed by atoms with Crippen molar-refractivity contribution in [1.29, 1.82) is 0 Å². The molecule has 1 heterocycles. The van der Waals surface area contributed by atoms with Gasteiger partial charge in [-0.2, -0.15) is 0 Å². The normalized spacial score (nSPS) is 16.6. The molecule has 0 aliphatic carbocycles. The van der Waals surface area contributed by atoms with Gasteiger partial charge in [-0.3, -0.25) is 4.79 Å². The van der Waals surface area contributed by atoms with Gasteiger partial charge >= 0.3 is 0 Å². The molecule has 2 nitrogen and oxygen atoms in total. The van der Waals surface area contributed by atoms with Crippen molar-refractivity contribution in [2.75, 3.05) is 25.4 Å². The number of Topliss-reactive ketones (excluding diaryl/α,β-unsaturated/α-hetero) is 1. The molecule has 0 amide bonds. The van der Waals surface area contributed by atoms with Crippen LogP contribution in [0.1, 0.15) is 43.5 Å². The van der Waals surface area contributed by atoms with Gasteiger partial charge in [-0.25, -0.2) is 0 Å². The van der Waals surface area contributed by atoms with Gasteiger partial charge in [-0.05, 0) is 38.1 Å². The number of carbonyl (C=O) groups excluding carboxylic acids is 1. The smallest absolute Gasteiger partial charge is 0.165 e. The standard InChI is InChI=1S/C17H25NOS/c1-14(2)17(19)15-6-8-16(9-7-15)20-13-12-18-10-4-3-5-11-18/h6-9,14H,3-5,10-13H2,1-2H3. The number of hydrogen-bond acceptors (Lipinski definition) is 3. The van der Waals surface area contributed by atoms with Crippen LogP contribution in [0.3, 0.4) is 0 Å². The summed E-state index contributed by atoms with van der Waals surface area (Å²) >= 11 is 1.89. The van der Waals surface area contributed by atoms with E-state index in [0.717, 1.165) is 11.3 Å². The van der Waals surface area contributed by atoms with Gasteiger partial charge in [0.15, 0.2) is 5.78 Å². The van der Waals surface area contributed by atoms with Crippen molar-refractivity contribution in [2.24, 2.45) is 5.92 Å². The van der Waals surface area contributed by atoms with E-state index in [4.69, 9.17) is 0 Å². The largest absolute Gasteiger partial charge is 0.303 e. The van der Waals surface area contributed by atoms with Gasteiger partial charge in [0.25, 0.3) is 0 Å². The predicted molar refractivity (Wildman–Crippen MR) is 86.6 cm³/mol. The zero-order valence-corrected chi connectivity index (χ0v) is 13.4. The fraction of sp³-hybridized carbons (Fsp3) is 0.588. The fourth-order valence-electron chi connectivity index (χ4n) is 2.52. The molecule has 0 bridgehead atoms. The molecule has 3 heteroatoms. The molecule has 1 fully saturated rings. The van der Waals surface area contributed by atoms with E-state index in [9.17, 15) is 4.79 Å². The van der Waals surface area contributed by atoms with Crippen LogP contribution in [0.4, 0.5) is 0 Å². The maximum Gasteiger partial charge on any atom is 0.165 e. The van der Waals surface area contributed by atoms with Crippen LogP contribution in [0.2, 0.25) is 0 Å². The van der Waals surface area contributed by atoms with Gasteiger partial charge in [0.2, 0.25) is 0 Å². The van der Waals surface area contributed by atoms with Crippen molar-refractivity contribution in [3.8, 4) is 0 Å². The molecule has 1 aromatic rings. The second-order valence-electron chi connectivity index (χ2n) is 5.79. The summed E-state index contributed by atoms with van der Waals surface area (Å²) in [6.45, 7) is 7.61. The maximum absolute atomic E-state index is 11.9. The molecule has 0 atom stereocenters. The molecule has 0 radical (unpaired) electrons. The molecular weight excluding hydrogens is 266 g/mol. The molecule has 110 valence electrons. The van der Waals surface area contributed by atoms with E-state index < -0.39 is 0 Å². The molecule has 0 saturated carbocycles. The van der Waals surface area contributed by atoms with Crippen LogP contribution >= 0.6 is 11.8 Å². The Morgan fingerprint density at radius 3 is 2.40 bits per heavy atom. The van der Waals surface area contributed by atoms with Crippen LogP contribution in [0, 0.1) is 5.92 Å². The van der Waals surface area contributed by atoms with Crippen molar-refractivity contribution in [1.82, 2.24) is 4.90 Å². The lowest BCUT2D eigenvalue weighted by atomic mass is 10.0. The lowest BCUT2D eigenvalue weighted by molar-refractivity contribution is 0.0939. The van der Waals surface area contributed by atoms with Crippen molar-refractivity contribution in [3.05, 3.63) is 29.8 Å². The third kappa shape index (κ3) is 4.64. The highest BCUT2D eigenvalue weighted by atomic mass is 32.2. The summed E-state index contributed by atoms with van der Waals surface area (Å²) < 4.78 is 0. The second-order valence-corrected chi connectivity index (χ2v) is 6.96. The topological polar surface area (TPSA) is 20.3 Å². The summed E-state index contributed by atoms with van der Waals surface area (Å²) in [6, 6.07) is 8.09. The summed E-state index contributed by atoms with van der Waals surface area (Å²) in [7, 11) is 0. The third-order valence-corrected chi connectivity index (χ3v) is 4.78. The average molecular weight is 291 g/mol. The highest BCUT2D eigenvalue weighted by Crippen LogP contribution is 2.20. The van der Waals surface area contributed by atoms with Gasteiger partial charge in [0.1, 0.15) is 0 Å². The first-order chi connectivity index (χ1) is 9.66. The van der Waals surface area contributed by atoms with Gasteiger partial charge in [-0.1, -0.05) is 32.4 Å². The van der Waals surface area contributed by atoms with E-state index in [1.807, 2.05) is 37.7 Å². The highest BCUT2D eigenvalue weighted by Gasteiger charge is 2.11. The number of rotatable bonds is 6. The number of piperidine rings is 1. The molecular formula is C17H25NOS. The van der Waals surface area contributed by atoms with Crippen molar-refractivity contribution < 1.29 is 4.79 Å². The summed E-state index contributed by atoms with van der Waals surface area (Å²) in [4.78, 5) is 15.7. The van der Waals surface area contributed by atoms with Gasteiger partial charge in [0, 0.05) is 28.7 Å². The Bertz CT molecular complexity index is 421. The van der Waals surface area contributed by atoms with Gasteiger partial charge < -0.3 is 4.90 Å². The molecule has 0 unspecified atom stereocenters. The molecule has 1 aliphatic heterocycles. The van der Waals surface area contributed by atoms with Crippen molar-refractivity contribution >= 4 is 17.5 Å². The molecule has 20 heavy (non-hydrogen) atoms. The third-order valence-electron chi connectivity index (χ3n) is 3.79. The number of thioether (sulfide) groups is 1. The van der Waals surface area contributed by atoms with Gasteiger partial charge in [0.05, 0.1) is 0 Å². The summed E-state index contributed by atoms with van der Waals surface area (Å²) in [5.41, 5.74) is 0.834. The van der Waals surface area contributed by atoms with Crippen LogP contribution in [0.5, 0.6) is 0 Å². The van der Waals surface area contributed by atoms with Gasteiger partial charge in [-0.15, -0.1) is 11.8 Å². The molecule has 2 rings (SSSR count). The summed E-state index contributed by atoms with van der Waals surface area (Å²) in [6.07, 6.45) is 4.11. The molecule has 1 aliphatic rings. The lowest BCUT2D eigenvalue weighted by Crippen LogP contribution is -2.31. The first-order valence-electron chi connectivity index (χ1n) is 7.66. The van der Waals surface area contributed by atoms with Crippen LogP contribution in [-0.4, -0.2) is 36.1 Å². The lowest BCUT2D eigenvalue weighted by Gasteiger charge is -2.26. The number of likely N-dealkylation sites (tertiary alicyclic amines) is 1. The second kappa shape index (κ2) is 7.84. The Morgan fingerprint density at radius 2 is 1.80 bits per heavy atom. The molecule has 1 aromatic carbocycles. The summed E-state index contributed by atoms with van der Waals surface area (Å²) in [5, 5.41) is 0. The Labute approximate surface area is 126 Å². The van der Waals surface area contributed by atoms with Crippen molar-refractivity contribution in [2.45, 2.75) is 38.0 Å². The first kappa shape index (κ1) is 15.6.